The Hall–Kier alpha value is -3.46. The van der Waals surface area contributed by atoms with E-state index in [-0.39, 0.29) is 18.0 Å². The van der Waals surface area contributed by atoms with Crippen LogP contribution in [0.5, 0.6) is 5.75 Å². The van der Waals surface area contributed by atoms with E-state index in [0.717, 1.165) is 5.56 Å². The lowest BCUT2D eigenvalue weighted by Gasteiger charge is -2.09. The van der Waals surface area contributed by atoms with Crippen LogP contribution in [0.2, 0.25) is 0 Å². The molecule has 31 heavy (non-hydrogen) atoms. The van der Waals surface area contributed by atoms with Crippen LogP contribution < -0.4 is 10.3 Å². The molecule has 3 aromatic heterocycles. The van der Waals surface area contributed by atoms with Crippen LogP contribution in [-0.2, 0) is 18.9 Å². The molecule has 0 aliphatic rings. The quantitative estimate of drug-likeness (QED) is 0.308. The first kappa shape index (κ1) is 20.8. The average molecular weight is 438 g/mol. The normalized spacial score (nSPS) is 11.0. The number of thioether (sulfide) groups is 1. The van der Waals surface area contributed by atoms with E-state index in [1.54, 1.807) is 24.4 Å². The third-order valence-corrected chi connectivity index (χ3v) is 5.50. The summed E-state index contributed by atoms with van der Waals surface area (Å²) in [5.74, 6) is 1.31. The van der Waals surface area contributed by atoms with Crippen molar-refractivity contribution in [2.24, 2.45) is 0 Å². The lowest BCUT2D eigenvalue weighted by Crippen LogP contribution is -2.15. The van der Waals surface area contributed by atoms with Gasteiger partial charge in [0.2, 0.25) is 0 Å². The summed E-state index contributed by atoms with van der Waals surface area (Å²) in [5, 5.41) is 9.14. The SMILES string of the molecule is C=CCn1c(COc2ccc(F)cc2)nnc1SCc1cc(=O)n2cc(C)ccc2n1. The van der Waals surface area contributed by atoms with Gasteiger partial charge in [0.25, 0.3) is 5.56 Å². The Morgan fingerprint density at radius 2 is 2.00 bits per heavy atom. The monoisotopic (exact) mass is 437 g/mol. The summed E-state index contributed by atoms with van der Waals surface area (Å²) in [6.07, 6.45) is 3.52. The topological polar surface area (TPSA) is 74.3 Å². The summed E-state index contributed by atoms with van der Waals surface area (Å²) in [6, 6.07) is 11.1. The number of fused-ring (bicyclic) bond motifs is 1. The summed E-state index contributed by atoms with van der Waals surface area (Å²) in [7, 11) is 0. The zero-order valence-electron chi connectivity index (χ0n) is 16.9. The van der Waals surface area contributed by atoms with Crippen LogP contribution >= 0.6 is 11.8 Å². The van der Waals surface area contributed by atoms with Gasteiger partial charge < -0.3 is 4.74 Å². The molecule has 0 atom stereocenters. The first-order chi connectivity index (χ1) is 15.0. The van der Waals surface area contributed by atoms with Gasteiger partial charge in [-0.25, -0.2) is 9.37 Å². The van der Waals surface area contributed by atoms with Gasteiger partial charge in [-0.05, 0) is 42.8 Å². The van der Waals surface area contributed by atoms with Crippen molar-refractivity contribution in [1.29, 1.82) is 0 Å². The highest BCUT2D eigenvalue weighted by Crippen LogP contribution is 2.22. The molecule has 0 unspecified atom stereocenters. The van der Waals surface area contributed by atoms with Gasteiger partial charge in [0.15, 0.2) is 11.0 Å². The second kappa shape index (κ2) is 9.13. The molecule has 0 fully saturated rings. The zero-order chi connectivity index (χ0) is 21.8. The number of hydrogen-bond donors (Lipinski definition) is 0. The number of hydrogen-bond acceptors (Lipinski definition) is 6. The summed E-state index contributed by atoms with van der Waals surface area (Å²) < 4.78 is 22.2. The molecule has 0 bridgehead atoms. The van der Waals surface area contributed by atoms with Crippen LogP contribution in [0.25, 0.3) is 5.65 Å². The molecule has 0 saturated heterocycles. The van der Waals surface area contributed by atoms with Crippen LogP contribution in [0.3, 0.4) is 0 Å². The number of aryl methyl sites for hydroxylation is 1. The third kappa shape index (κ3) is 4.83. The molecule has 0 spiro atoms. The Labute approximate surface area is 182 Å². The Kier molecular flexibility index (Phi) is 6.13. The minimum atomic E-state index is -0.321. The summed E-state index contributed by atoms with van der Waals surface area (Å²) >= 11 is 1.43. The Balaban J connectivity index is 1.50. The molecule has 4 rings (SSSR count). The van der Waals surface area contributed by atoms with Gasteiger partial charge >= 0.3 is 0 Å². The number of pyridine rings is 1. The molecule has 1 aromatic carbocycles. The van der Waals surface area contributed by atoms with E-state index in [4.69, 9.17) is 4.74 Å². The van der Waals surface area contributed by atoms with E-state index in [9.17, 15) is 9.18 Å². The van der Waals surface area contributed by atoms with E-state index in [1.807, 2.05) is 23.6 Å². The van der Waals surface area contributed by atoms with E-state index < -0.39 is 0 Å². The predicted molar refractivity (Wildman–Crippen MR) is 117 cm³/mol. The second-order valence-electron chi connectivity index (χ2n) is 6.85. The van der Waals surface area contributed by atoms with E-state index in [2.05, 4.69) is 21.8 Å². The van der Waals surface area contributed by atoms with Gasteiger partial charge in [-0.15, -0.1) is 16.8 Å². The van der Waals surface area contributed by atoms with Crippen molar-refractivity contribution in [2.45, 2.75) is 31.0 Å². The van der Waals surface area contributed by atoms with Crippen molar-refractivity contribution in [3.05, 3.63) is 94.6 Å². The van der Waals surface area contributed by atoms with E-state index in [0.29, 0.717) is 40.4 Å². The molecule has 0 N–H and O–H groups in total. The molecule has 0 amide bonds. The molecule has 9 heteroatoms. The van der Waals surface area contributed by atoms with Gasteiger partial charge in [0.1, 0.15) is 23.8 Å². The molecule has 158 valence electrons. The molecule has 0 aliphatic heterocycles. The fourth-order valence-electron chi connectivity index (χ4n) is 2.99. The van der Waals surface area contributed by atoms with Crippen LogP contribution in [0, 0.1) is 12.7 Å². The maximum Gasteiger partial charge on any atom is 0.258 e. The van der Waals surface area contributed by atoms with Gasteiger partial charge in [-0.2, -0.15) is 0 Å². The number of allylic oxidation sites excluding steroid dienone is 1. The predicted octanol–water partition coefficient (Wildman–Crippen LogP) is 3.79. The van der Waals surface area contributed by atoms with Crippen LogP contribution in [0.1, 0.15) is 17.1 Å². The fourth-order valence-corrected chi connectivity index (χ4v) is 3.85. The molecule has 7 nitrogen and oxygen atoms in total. The van der Waals surface area contributed by atoms with Crippen molar-refractivity contribution < 1.29 is 9.13 Å². The molecule has 3 heterocycles. The van der Waals surface area contributed by atoms with Gasteiger partial charge in [-0.3, -0.25) is 13.8 Å². The lowest BCUT2D eigenvalue weighted by molar-refractivity contribution is 0.288. The van der Waals surface area contributed by atoms with E-state index >= 15 is 0 Å². The lowest BCUT2D eigenvalue weighted by atomic mass is 10.3. The summed E-state index contributed by atoms with van der Waals surface area (Å²) in [6.45, 7) is 6.41. The Morgan fingerprint density at radius 3 is 2.77 bits per heavy atom. The highest BCUT2D eigenvalue weighted by molar-refractivity contribution is 7.98. The Morgan fingerprint density at radius 1 is 1.19 bits per heavy atom. The molecule has 4 aromatic rings. The average Bonchev–Trinajstić information content (AvgIpc) is 3.14. The van der Waals surface area contributed by atoms with Crippen LogP contribution in [0.4, 0.5) is 4.39 Å². The first-order valence-corrected chi connectivity index (χ1v) is 10.5. The van der Waals surface area contributed by atoms with Crippen LogP contribution in [-0.4, -0.2) is 24.1 Å². The smallest absolute Gasteiger partial charge is 0.258 e. The number of nitrogens with zero attached hydrogens (tertiary/aromatic N) is 5. The second-order valence-corrected chi connectivity index (χ2v) is 7.79. The highest BCUT2D eigenvalue weighted by Gasteiger charge is 2.13. The number of rotatable bonds is 8. The summed E-state index contributed by atoms with van der Waals surface area (Å²) in [5.41, 5.74) is 2.14. The number of halogens is 1. The minimum absolute atomic E-state index is 0.120. The van der Waals surface area contributed by atoms with Crippen molar-refractivity contribution >= 4 is 17.4 Å². The van der Waals surface area contributed by atoms with Gasteiger partial charge in [-0.1, -0.05) is 23.9 Å². The van der Waals surface area contributed by atoms with Crippen molar-refractivity contribution in [2.75, 3.05) is 0 Å². The van der Waals surface area contributed by atoms with Crippen molar-refractivity contribution in [3.8, 4) is 5.75 Å². The highest BCUT2D eigenvalue weighted by atomic mass is 32.2. The molecule has 0 aliphatic carbocycles. The van der Waals surface area contributed by atoms with Gasteiger partial charge in [0.05, 0.1) is 5.69 Å². The van der Waals surface area contributed by atoms with Crippen molar-refractivity contribution in [1.82, 2.24) is 24.1 Å². The largest absolute Gasteiger partial charge is 0.486 e. The Bertz CT molecular complexity index is 1280. The standard InChI is InChI=1S/C22H20FN5O2S/c1-3-10-27-20(13-30-18-7-5-16(23)6-8-18)25-26-22(27)31-14-17-11-21(29)28-12-15(2)4-9-19(28)24-17/h3-9,11-12H,1,10,13-14H2,2H3. The van der Waals surface area contributed by atoms with E-state index in [1.165, 1.54) is 34.4 Å². The molecular formula is C22H20FN5O2S. The number of ether oxygens (including phenoxy) is 1. The third-order valence-electron chi connectivity index (χ3n) is 4.50. The fraction of sp³-hybridized carbons (Fsp3) is 0.182. The minimum Gasteiger partial charge on any atom is -0.486 e. The van der Waals surface area contributed by atoms with Crippen LogP contribution in [0.15, 0.2) is 71.3 Å². The molecule has 0 saturated carbocycles. The maximum absolute atomic E-state index is 13.0. The maximum atomic E-state index is 13.0. The van der Waals surface area contributed by atoms with Crippen molar-refractivity contribution in [3.63, 3.8) is 0 Å². The van der Waals surface area contributed by atoms with Gasteiger partial charge in [0, 0.05) is 24.6 Å². The summed E-state index contributed by atoms with van der Waals surface area (Å²) in [4.78, 5) is 17.0. The number of benzene rings is 1. The number of aromatic nitrogens is 5. The zero-order valence-corrected chi connectivity index (χ0v) is 17.7. The molecular weight excluding hydrogens is 417 g/mol. The first-order valence-electron chi connectivity index (χ1n) is 9.56. The molecule has 0 radical (unpaired) electrons.